The lowest BCUT2D eigenvalue weighted by Crippen LogP contribution is -2.59. The van der Waals surface area contributed by atoms with E-state index >= 15 is 0 Å². The van der Waals surface area contributed by atoms with Crippen molar-refractivity contribution in [1.82, 2.24) is 31.1 Å². The number of thioether (sulfide) groups is 3. The average Bonchev–Trinajstić information content (AvgIpc) is 3.50. The first-order valence-corrected chi connectivity index (χ1v) is 21.4. The summed E-state index contributed by atoms with van der Waals surface area (Å²) in [5, 5.41) is 10.5. The second-order valence-electron chi connectivity index (χ2n) is 15.1. The number of amides is 6. The highest BCUT2D eigenvalue weighted by molar-refractivity contribution is 8.18. The van der Waals surface area contributed by atoms with Crippen LogP contribution in [0.3, 0.4) is 0 Å². The van der Waals surface area contributed by atoms with Gasteiger partial charge in [0.25, 0.3) is 5.91 Å². The molecule has 0 saturated carbocycles. The predicted molar refractivity (Wildman–Crippen MR) is 214 cm³/mol. The molecule has 14 nitrogen and oxygen atoms in total. The van der Waals surface area contributed by atoms with Crippen molar-refractivity contribution in [3.8, 4) is 0 Å². The minimum atomic E-state index is -1.23. The van der Waals surface area contributed by atoms with Crippen LogP contribution in [0.5, 0.6) is 0 Å². The van der Waals surface area contributed by atoms with Gasteiger partial charge in [0.1, 0.15) is 18.1 Å². The Labute approximate surface area is 331 Å². The number of carbonyl (C=O) groups excluding carboxylic acids is 7. The molecule has 0 aromatic heterocycles. The molecule has 2 heterocycles. The van der Waals surface area contributed by atoms with E-state index in [9.17, 15) is 33.6 Å². The summed E-state index contributed by atoms with van der Waals surface area (Å²) >= 11 is 4.83. The highest BCUT2D eigenvalue weighted by Gasteiger charge is 2.53. The smallest absolute Gasteiger partial charge is 0.407 e. The summed E-state index contributed by atoms with van der Waals surface area (Å²) in [5.74, 6) is -1.84. The zero-order valence-electron chi connectivity index (χ0n) is 32.5. The van der Waals surface area contributed by atoms with Gasteiger partial charge in [-0.1, -0.05) is 65.0 Å². The van der Waals surface area contributed by atoms with Gasteiger partial charge in [-0.3, -0.25) is 28.8 Å². The Morgan fingerprint density at radius 2 is 1.65 bits per heavy atom. The third kappa shape index (κ3) is 12.8. The van der Waals surface area contributed by atoms with E-state index in [1.807, 2.05) is 40.9 Å². The molecule has 54 heavy (non-hydrogen) atoms. The Kier molecular flexibility index (Phi) is 17.0. The Morgan fingerprint density at radius 1 is 1.00 bits per heavy atom. The van der Waals surface area contributed by atoms with Crippen LogP contribution >= 0.6 is 35.3 Å². The maximum atomic E-state index is 14.4. The number of carbonyl (C=O) groups is 7. The molecular weight excluding hydrogens is 753 g/mol. The van der Waals surface area contributed by atoms with E-state index in [1.165, 1.54) is 21.6 Å². The molecule has 4 N–H and O–H groups in total. The average molecular weight is 809 g/mol. The van der Waals surface area contributed by atoms with Gasteiger partial charge in [-0.05, 0) is 53.3 Å². The minimum Gasteiger partial charge on any atom is -0.449 e. The van der Waals surface area contributed by atoms with E-state index in [0.29, 0.717) is 17.7 Å². The molecule has 300 valence electrons. The number of benzene rings is 1. The summed E-state index contributed by atoms with van der Waals surface area (Å²) in [6.07, 6.45) is 2.54. The van der Waals surface area contributed by atoms with Gasteiger partial charge in [0.2, 0.25) is 29.4 Å². The number of likely N-dealkylation sites (tertiary alicyclic amines) is 1. The van der Waals surface area contributed by atoms with E-state index < -0.39 is 75.7 Å². The van der Waals surface area contributed by atoms with Crippen molar-refractivity contribution < 1.29 is 38.3 Å². The number of nitrogens with one attached hydrogen (secondary N) is 4. The van der Waals surface area contributed by atoms with Gasteiger partial charge in [0.05, 0.1) is 23.3 Å². The van der Waals surface area contributed by atoms with E-state index in [4.69, 9.17) is 4.74 Å². The number of alkyl carbamates (subject to hydrolysis) is 1. The molecule has 1 aromatic rings. The van der Waals surface area contributed by atoms with Crippen LogP contribution in [0.15, 0.2) is 30.3 Å². The molecule has 4 atom stereocenters. The van der Waals surface area contributed by atoms with Gasteiger partial charge in [-0.25, -0.2) is 4.79 Å². The number of likely N-dealkylation sites (N-methyl/N-ethyl adjacent to an activating group) is 1. The third-order valence-corrected chi connectivity index (χ3v) is 12.8. The van der Waals surface area contributed by atoms with E-state index in [2.05, 4.69) is 21.3 Å². The first kappa shape index (κ1) is 45.0. The molecule has 2 fully saturated rings. The van der Waals surface area contributed by atoms with Gasteiger partial charge in [0, 0.05) is 27.1 Å². The van der Waals surface area contributed by atoms with Gasteiger partial charge in [-0.15, -0.1) is 23.5 Å². The predicted octanol–water partition coefficient (Wildman–Crippen LogP) is 2.82. The number of hydrogen-bond acceptors (Lipinski definition) is 11. The molecule has 1 unspecified atom stereocenters. The fourth-order valence-corrected chi connectivity index (χ4v) is 9.75. The number of nitrogens with zero attached hydrogens (tertiary/aromatic N) is 2. The lowest BCUT2D eigenvalue weighted by molar-refractivity contribution is -0.144. The van der Waals surface area contributed by atoms with Crippen molar-refractivity contribution in [2.45, 2.75) is 82.1 Å². The maximum absolute atomic E-state index is 14.4. The monoisotopic (exact) mass is 808 g/mol. The third-order valence-electron chi connectivity index (χ3n) is 8.82. The van der Waals surface area contributed by atoms with Gasteiger partial charge < -0.3 is 35.8 Å². The molecule has 1 spiro atoms. The second-order valence-corrected chi connectivity index (χ2v) is 19.3. The van der Waals surface area contributed by atoms with Crippen LogP contribution in [0.1, 0.15) is 65.5 Å². The van der Waals surface area contributed by atoms with E-state index in [0.717, 1.165) is 17.9 Å². The maximum Gasteiger partial charge on any atom is 0.407 e. The van der Waals surface area contributed by atoms with Gasteiger partial charge >= 0.3 is 6.09 Å². The molecule has 2 aliphatic heterocycles. The van der Waals surface area contributed by atoms with Crippen molar-refractivity contribution in [2.24, 2.45) is 11.3 Å². The van der Waals surface area contributed by atoms with Crippen molar-refractivity contribution in [3.63, 3.8) is 0 Å². The zero-order valence-corrected chi connectivity index (χ0v) is 35.0. The zero-order chi connectivity index (χ0) is 40.2. The van der Waals surface area contributed by atoms with Crippen molar-refractivity contribution in [3.05, 3.63) is 35.9 Å². The van der Waals surface area contributed by atoms with Crippen molar-refractivity contribution >= 4 is 76.7 Å². The lowest BCUT2D eigenvalue weighted by atomic mass is 9.85. The molecule has 0 bridgehead atoms. The Balaban J connectivity index is 1.78. The minimum absolute atomic E-state index is 0.0955. The van der Waals surface area contributed by atoms with Crippen LogP contribution in [0, 0.1) is 11.3 Å². The number of ether oxygens (including phenoxy) is 1. The number of Topliss-reactive ketones (excluding diaryl/α,β-unsaturated/α-hetero) is 1. The topological polar surface area (TPSA) is 183 Å². The normalized spacial score (nSPS) is 18.2. The molecule has 17 heteroatoms. The highest BCUT2D eigenvalue weighted by atomic mass is 32.2. The van der Waals surface area contributed by atoms with Crippen LogP contribution in [0.25, 0.3) is 0 Å². The van der Waals surface area contributed by atoms with E-state index in [-0.39, 0.29) is 31.4 Å². The Morgan fingerprint density at radius 3 is 2.22 bits per heavy atom. The molecule has 3 rings (SSSR count). The van der Waals surface area contributed by atoms with Crippen LogP contribution in [0.4, 0.5) is 4.79 Å². The lowest BCUT2D eigenvalue weighted by Gasteiger charge is -2.36. The van der Waals surface area contributed by atoms with Gasteiger partial charge in [0.15, 0.2) is 0 Å². The quantitative estimate of drug-likeness (QED) is 0.180. The summed E-state index contributed by atoms with van der Waals surface area (Å²) in [5.41, 5.74) is -0.187. The molecule has 2 aliphatic rings. The first-order chi connectivity index (χ1) is 25.4. The Hall–Kier alpha value is -3.44. The Bertz CT molecular complexity index is 1500. The fraction of sp³-hybridized carbons (Fsp3) is 0.649. The van der Waals surface area contributed by atoms with Crippen LogP contribution in [-0.2, 0) is 33.5 Å². The van der Waals surface area contributed by atoms with Crippen molar-refractivity contribution in [1.29, 1.82) is 0 Å². The van der Waals surface area contributed by atoms with Gasteiger partial charge in [-0.2, -0.15) is 11.8 Å². The van der Waals surface area contributed by atoms with Crippen LogP contribution in [-0.4, -0.2) is 131 Å². The molecule has 2 saturated heterocycles. The van der Waals surface area contributed by atoms with Crippen LogP contribution < -0.4 is 21.3 Å². The molecule has 6 amide bonds. The second kappa shape index (κ2) is 20.5. The summed E-state index contributed by atoms with van der Waals surface area (Å²) in [4.78, 5) is 96.6. The molecule has 0 radical (unpaired) electrons. The number of hydrogen-bond donors (Lipinski definition) is 4. The highest BCUT2D eigenvalue weighted by Crippen LogP contribution is 2.50. The van der Waals surface area contributed by atoms with Crippen LogP contribution in [0.2, 0.25) is 0 Å². The summed E-state index contributed by atoms with van der Waals surface area (Å²) in [6, 6.07) is 4.42. The van der Waals surface area contributed by atoms with Crippen molar-refractivity contribution in [2.75, 3.05) is 57.3 Å². The summed E-state index contributed by atoms with van der Waals surface area (Å²) in [6.45, 7) is 9.12. The summed E-state index contributed by atoms with van der Waals surface area (Å²) < 4.78 is 4.88. The molecule has 1 aromatic carbocycles. The first-order valence-electron chi connectivity index (χ1n) is 18.1. The van der Waals surface area contributed by atoms with E-state index in [1.54, 1.807) is 68.0 Å². The summed E-state index contributed by atoms with van der Waals surface area (Å²) in [7, 11) is 3.12. The SMILES string of the molecule is CSCC[C@@H](NC(=O)[C@@H]1CC2(CN1C(=O)[C@@H](NC(=O)OCC(C)C)C(C)(C)C)SCCCS2)C(=O)C(=O)NCC(=O)NC(C(=O)N(C)C)c1ccccc1. The largest absolute Gasteiger partial charge is 0.449 e. The number of rotatable bonds is 16. The number of ketones is 1. The molecular formula is C37H56N6O8S3. The molecule has 0 aliphatic carbocycles. The fourth-order valence-electron chi connectivity index (χ4n) is 5.93. The standard InChI is InChI=1S/C37H56N6O8S3/c1-23(2)21-51-35(50)41-30(36(3,4)5)34(49)43-22-37(53-16-12-17-54-37)19-26(43)31(46)39-25(15-18-52-8)29(45)32(47)38-20-27(44)40-28(33(48)42(6)7)24-13-10-9-11-14-24/h9-11,13-14,23,25-26,28,30H,12,15-22H2,1-8H3,(H,38,47)(H,39,46)(H,40,44)(H,41,50)/t25-,26+,28?,30-/m1/s1.